The zero-order chi connectivity index (χ0) is 39.8. The number of unbranched alkanes of at least 4 members (excludes halogenated alkanes) is 3. The second-order valence-corrected chi connectivity index (χ2v) is 19.5. The van der Waals surface area contributed by atoms with Crippen LogP contribution in [0.15, 0.2) is 54.6 Å². The molecule has 2 aromatic carbocycles. The van der Waals surface area contributed by atoms with Gasteiger partial charge < -0.3 is 24.3 Å². The fraction of sp³-hybridized carbons (Fsp3) is 0.571. The quantitative estimate of drug-likeness (QED) is 0.0745. The maximum atomic E-state index is 14.7. The molecule has 302 valence electrons. The first-order valence-corrected chi connectivity index (χ1v) is 23.1. The molecule has 0 bridgehead atoms. The van der Waals surface area contributed by atoms with Crippen LogP contribution in [0.2, 0.25) is 0 Å². The van der Waals surface area contributed by atoms with Crippen molar-refractivity contribution in [3.05, 3.63) is 65.7 Å². The number of hydrogen-bond donors (Lipinski definition) is 1. The van der Waals surface area contributed by atoms with Crippen LogP contribution in [0.4, 0.5) is 0 Å². The standard InChI is InChI=1S/C42H59N2O9PS/c1-6-9-23-54(24-10-7-2,25-11-8-3)40(42(49)52-27-32-17-19-33(50-5)20-18-32)44-39(48)38(43-37(47)26-31-15-13-12-14-16-31)41(44)55-29-35(46)36-22-21-34(53-36)28-51-30(4)45/h12-20,34,36,38,41H,6-11,21-29H2,1-5H3,(H,43,47)/t34?,36?,38-,41-/m1/s1. The molecule has 0 saturated carbocycles. The van der Waals surface area contributed by atoms with Crippen molar-refractivity contribution in [1.82, 2.24) is 10.2 Å². The van der Waals surface area contributed by atoms with Gasteiger partial charge in [0.1, 0.15) is 41.9 Å². The van der Waals surface area contributed by atoms with E-state index in [-0.39, 0.29) is 49.1 Å². The Hall–Kier alpha value is -3.60. The van der Waals surface area contributed by atoms with Gasteiger partial charge in [0.15, 0.2) is 5.78 Å². The van der Waals surface area contributed by atoms with Crippen molar-refractivity contribution in [2.75, 3.05) is 38.0 Å². The van der Waals surface area contributed by atoms with Gasteiger partial charge in [0, 0.05) is 6.92 Å². The number of benzene rings is 2. The summed E-state index contributed by atoms with van der Waals surface area (Å²) < 4.78 is 22.5. The van der Waals surface area contributed by atoms with Crippen LogP contribution < -0.4 is 10.1 Å². The van der Waals surface area contributed by atoms with Crippen LogP contribution in [0.3, 0.4) is 0 Å². The van der Waals surface area contributed by atoms with E-state index >= 15 is 0 Å². The normalized spacial score (nSPS) is 19.4. The van der Waals surface area contributed by atoms with Crippen LogP contribution >= 0.6 is 18.6 Å². The highest BCUT2D eigenvalue weighted by molar-refractivity contribution is 8.00. The highest BCUT2D eigenvalue weighted by Gasteiger charge is 2.54. The number of rotatable bonds is 23. The molecule has 13 heteroatoms. The number of nitrogens with zero attached hydrogens (tertiary/aromatic N) is 1. The van der Waals surface area contributed by atoms with Gasteiger partial charge in [-0.2, -0.15) is 0 Å². The maximum Gasteiger partial charge on any atom is 0.355 e. The van der Waals surface area contributed by atoms with Crippen LogP contribution in [0, 0.1) is 0 Å². The molecule has 2 amide bonds. The van der Waals surface area contributed by atoms with Gasteiger partial charge in [0.05, 0.1) is 25.4 Å². The summed E-state index contributed by atoms with van der Waals surface area (Å²) >= 11 is 1.25. The van der Waals surface area contributed by atoms with Gasteiger partial charge in [-0.25, -0.2) is 4.79 Å². The Morgan fingerprint density at radius 1 is 0.873 bits per heavy atom. The minimum atomic E-state index is -2.30. The summed E-state index contributed by atoms with van der Waals surface area (Å²) in [7, 11) is 1.59. The Morgan fingerprint density at radius 2 is 1.51 bits per heavy atom. The minimum Gasteiger partial charge on any atom is -0.497 e. The summed E-state index contributed by atoms with van der Waals surface area (Å²) in [5.41, 5.74) is 2.02. The molecule has 0 spiro atoms. The predicted octanol–water partition coefficient (Wildman–Crippen LogP) is 6.60. The van der Waals surface area contributed by atoms with E-state index in [1.54, 1.807) is 12.0 Å². The van der Waals surface area contributed by atoms with E-state index in [1.165, 1.54) is 18.7 Å². The van der Waals surface area contributed by atoms with E-state index in [0.717, 1.165) is 68.1 Å². The summed E-state index contributed by atoms with van der Waals surface area (Å²) in [6.07, 6.45) is 8.06. The number of carbonyl (C=O) groups excluding carboxylic acids is 5. The van der Waals surface area contributed by atoms with Crippen molar-refractivity contribution in [2.45, 2.75) is 116 Å². The molecular formula is C42H59N2O9PS. The third-order valence-corrected chi connectivity index (χ3v) is 16.2. The number of methoxy groups -OCH3 is 1. The monoisotopic (exact) mass is 798 g/mol. The average Bonchev–Trinajstić information content (AvgIpc) is 3.68. The first-order valence-electron chi connectivity index (χ1n) is 19.7. The fourth-order valence-corrected chi connectivity index (χ4v) is 13.6. The van der Waals surface area contributed by atoms with Gasteiger partial charge in [-0.3, -0.25) is 24.1 Å². The van der Waals surface area contributed by atoms with Crippen molar-refractivity contribution in [3.8, 4) is 5.75 Å². The van der Waals surface area contributed by atoms with E-state index < -0.39 is 36.3 Å². The van der Waals surface area contributed by atoms with Gasteiger partial charge in [0.2, 0.25) is 5.91 Å². The van der Waals surface area contributed by atoms with E-state index in [2.05, 4.69) is 26.1 Å². The number of carbonyl (C=O) groups is 5. The summed E-state index contributed by atoms with van der Waals surface area (Å²) in [5.74, 6) is -1.07. The lowest BCUT2D eigenvalue weighted by molar-refractivity contribution is -0.146. The summed E-state index contributed by atoms with van der Waals surface area (Å²) in [6.45, 7) is 5.54. The number of likely N-dealkylation sites (tertiary alicyclic amines) is 1. The second-order valence-electron chi connectivity index (χ2n) is 14.3. The van der Waals surface area contributed by atoms with Crippen molar-refractivity contribution in [3.63, 3.8) is 0 Å². The molecule has 2 aromatic rings. The van der Waals surface area contributed by atoms with E-state index in [0.29, 0.717) is 24.0 Å². The number of Topliss-reactive ketones (excluding diaryl/α,β-unsaturated/α-hetero) is 1. The lowest BCUT2D eigenvalue weighted by Gasteiger charge is -2.49. The fourth-order valence-electron chi connectivity index (χ4n) is 7.03. The molecule has 2 saturated heterocycles. The highest BCUT2D eigenvalue weighted by atomic mass is 32.2. The van der Waals surface area contributed by atoms with Gasteiger partial charge in [-0.1, -0.05) is 89.4 Å². The van der Waals surface area contributed by atoms with Crippen LogP contribution in [0.5, 0.6) is 5.75 Å². The van der Waals surface area contributed by atoms with Crippen molar-refractivity contribution in [2.24, 2.45) is 0 Å². The maximum absolute atomic E-state index is 14.7. The number of β-lactam (4-membered cyclic amide) rings is 1. The molecule has 11 nitrogen and oxygen atoms in total. The van der Waals surface area contributed by atoms with Crippen molar-refractivity contribution < 1.29 is 42.9 Å². The highest BCUT2D eigenvalue weighted by Crippen LogP contribution is 2.54. The zero-order valence-corrected chi connectivity index (χ0v) is 34.8. The van der Waals surface area contributed by atoms with E-state index in [1.807, 2.05) is 54.6 Å². The summed E-state index contributed by atoms with van der Waals surface area (Å²) in [6, 6.07) is 15.7. The smallest absolute Gasteiger partial charge is 0.355 e. The Kier molecular flexibility index (Phi) is 17.8. The number of esters is 2. The first kappa shape index (κ1) is 44.1. The Labute approximate surface area is 330 Å². The molecule has 4 atom stereocenters. The SMILES string of the molecule is CCCCP(CCCC)(CCCC)=C(C(=O)OCc1ccc(OC)cc1)N1C(=O)[C@@H](NC(=O)Cc2ccccc2)[C@H]1SCC(=O)C1CCC(COC(C)=O)O1. The van der Waals surface area contributed by atoms with Crippen LogP contribution in [0.1, 0.15) is 90.2 Å². The van der Waals surface area contributed by atoms with Crippen LogP contribution in [-0.2, 0) is 51.2 Å². The number of nitrogens with one attached hydrogen (secondary N) is 1. The molecule has 2 aliphatic rings. The zero-order valence-electron chi connectivity index (χ0n) is 33.1. The largest absolute Gasteiger partial charge is 0.497 e. The average molecular weight is 799 g/mol. The van der Waals surface area contributed by atoms with Gasteiger partial charge in [-0.15, -0.1) is 11.8 Å². The van der Waals surface area contributed by atoms with E-state index in [9.17, 15) is 24.0 Å². The first-order chi connectivity index (χ1) is 26.5. The molecule has 2 fully saturated rings. The molecule has 4 rings (SSSR count). The topological polar surface area (TPSA) is 138 Å². The Balaban J connectivity index is 1.71. The van der Waals surface area contributed by atoms with Gasteiger partial charge in [0.25, 0.3) is 5.91 Å². The number of ether oxygens (including phenoxy) is 4. The molecule has 0 aromatic heterocycles. The number of hydrogen-bond acceptors (Lipinski definition) is 10. The van der Waals surface area contributed by atoms with Crippen LogP contribution in [0.25, 0.3) is 0 Å². The third-order valence-electron chi connectivity index (χ3n) is 10.1. The number of ketones is 1. The second kappa shape index (κ2) is 22.2. The molecule has 0 aliphatic carbocycles. The van der Waals surface area contributed by atoms with Crippen molar-refractivity contribution >= 4 is 53.6 Å². The van der Waals surface area contributed by atoms with Crippen molar-refractivity contribution in [1.29, 1.82) is 0 Å². The molecular weight excluding hydrogens is 740 g/mol. The van der Waals surface area contributed by atoms with E-state index in [4.69, 9.17) is 18.9 Å². The summed E-state index contributed by atoms with van der Waals surface area (Å²) in [4.78, 5) is 69.2. The number of thioether (sulfide) groups is 1. The molecule has 2 heterocycles. The Bertz CT molecular complexity index is 1620. The minimum absolute atomic E-state index is 0.00293. The lowest BCUT2D eigenvalue weighted by atomic mass is 10.1. The molecule has 2 aliphatic heterocycles. The van der Waals surface area contributed by atoms with Gasteiger partial charge >= 0.3 is 11.9 Å². The summed E-state index contributed by atoms with van der Waals surface area (Å²) in [5, 5.41) is 2.25. The number of amides is 2. The Morgan fingerprint density at radius 3 is 2.09 bits per heavy atom. The molecule has 2 unspecified atom stereocenters. The predicted molar refractivity (Wildman–Crippen MR) is 219 cm³/mol. The lowest BCUT2D eigenvalue weighted by Crippen LogP contribution is -2.72. The third kappa shape index (κ3) is 12.4. The van der Waals surface area contributed by atoms with Crippen LogP contribution in [-0.4, -0.2) is 101 Å². The molecule has 55 heavy (non-hydrogen) atoms. The molecule has 0 radical (unpaired) electrons. The van der Waals surface area contributed by atoms with Gasteiger partial charge in [-0.05, 0) is 73.8 Å². The molecule has 1 N–H and O–H groups in total.